The zero-order valence-corrected chi connectivity index (χ0v) is 17.6. The second-order valence-corrected chi connectivity index (χ2v) is 7.02. The van der Waals surface area contributed by atoms with Crippen LogP contribution in [-0.4, -0.2) is 12.8 Å². The van der Waals surface area contributed by atoms with E-state index in [1.807, 2.05) is 61.5 Å². The highest BCUT2D eigenvalue weighted by Crippen LogP contribution is 2.29. The fourth-order valence-corrected chi connectivity index (χ4v) is 3.20. The van der Waals surface area contributed by atoms with Crippen LogP contribution in [0.3, 0.4) is 0 Å². The molecule has 150 valence electrons. The zero-order chi connectivity index (χ0) is 20.5. The van der Waals surface area contributed by atoms with E-state index in [4.69, 9.17) is 32.7 Å². The average Bonchev–Trinajstić information content (AvgIpc) is 2.73. The van der Waals surface area contributed by atoms with Crippen LogP contribution < -0.4 is 14.9 Å². The second kappa shape index (κ2) is 10.7. The summed E-state index contributed by atoms with van der Waals surface area (Å²) in [7, 11) is 0. The van der Waals surface area contributed by atoms with Crippen molar-refractivity contribution >= 4 is 29.4 Å². The van der Waals surface area contributed by atoms with E-state index in [1.165, 1.54) is 0 Å². The molecule has 0 aliphatic rings. The molecule has 3 aromatic carbocycles. The number of nitrogens with zero attached hydrogens (tertiary/aromatic N) is 1. The molecule has 0 unspecified atom stereocenters. The van der Waals surface area contributed by atoms with Crippen LogP contribution in [-0.2, 0) is 13.2 Å². The highest BCUT2D eigenvalue weighted by Gasteiger charge is 2.07. The maximum atomic E-state index is 6.17. The van der Waals surface area contributed by atoms with Gasteiger partial charge in [-0.2, -0.15) is 5.10 Å². The average molecular weight is 429 g/mol. The van der Waals surface area contributed by atoms with Crippen LogP contribution in [0, 0.1) is 0 Å². The summed E-state index contributed by atoms with van der Waals surface area (Å²) >= 11 is 12.3. The summed E-state index contributed by atoms with van der Waals surface area (Å²) in [6, 6.07) is 21.2. The van der Waals surface area contributed by atoms with Gasteiger partial charge < -0.3 is 14.9 Å². The third kappa shape index (κ3) is 6.14. The number of halogens is 2. The molecule has 0 saturated carbocycles. The molecule has 0 atom stereocenters. The van der Waals surface area contributed by atoms with Crippen molar-refractivity contribution in [1.29, 1.82) is 0 Å². The van der Waals surface area contributed by atoms with Gasteiger partial charge in [0.2, 0.25) is 0 Å². The van der Waals surface area contributed by atoms with Gasteiger partial charge in [0.25, 0.3) is 0 Å². The lowest BCUT2D eigenvalue weighted by Crippen LogP contribution is -2.07. The molecule has 0 aromatic heterocycles. The predicted molar refractivity (Wildman–Crippen MR) is 119 cm³/mol. The van der Waals surface area contributed by atoms with Crippen LogP contribution in [0.2, 0.25) is 10.0 Å². The van der Waals surface area contributed by atoms with E-state index in [1.54, 1.807) is 18.3 Å². The van der Waals surface area contributed by atoms with E-state index < -0.39 is 0 Å². The predicted octanol–water partition coefficient (Wildman–Crippen LogP) is 6.09. The highest BCUT2D eigenvalue weighted by molar-refractivity contribution is 6.35. The third-order valence-corrected chi connectivity index (χ3v) is 4.84. The van der Waals surface area contributed by atoms with Gasteiger partial charge in [-0.25, -0.2) is 0 Å². The topological polar surface area (TPSA) is 42.8 Å². The Morgan fingerprint density at radius 1 is 0.897 bits per heavy atom. The van der Waals surface area contributed by atoms with Crippen molar-refractivity contribution in [1.82, 2.24) is 5.43 Å². The van der Waals surface area contributed by atoms with Crippen molar-refractivity contribution in [3.8, 4) is 11.5 Å². The molecule has 0 spiro atoms. The lowest BCUT2D eigenvalue weighted by Gasteiger charge is -2.12. The van der Waals surface area contributed by atoms with Crippen molar-refractivity contribution in [2.45, 2.75) is 20.1 Å². The van der Waals surface area contributed by atoms with Crippen molar-refractivity contribution in [2.75, 3.05) is 6.61 Å². The summed E-state index contributed by atoms with van der Waals surface area (Å²) in [5.41, 5.74) is 5.77. The van der Waals surface area contributed by atoms with Crippen LogP contribution in [0.1, 0.15) is 23.6 Å². The molecule has 0 fully saturated rings. The number of rotatable bonds is 9. The summed E-state index contributed by atoms with van der Waals surface area (Å²) in [5, 5.41) is 5.47. The standard InChI is InChI=1S/C23H22Cl2N2O2/c1-2-28-23-13-18(11-12-22(23)29-16-17-7-4-3-5-8-17)14-26-27-15-19-20(24)9-6-10-21(19)25/h3-14,27H,2,15-16H2,1H3/b26-14+. The van der Waals surface area contributed by atoms with Crippen molar-refractivity contribution in [2.24, 2.45) is 5.10 Å². The lowest BCUT2D eigenvalue weighted by atomic mass is 10.2. The smallest absolute Gasteiger partial charge is 0.161 e. The van der Waals surface area contributed by atoms with Gasteiger partial charge in [-0.1, -0.05) is 59.6 Å². The molecule has 29 heavy (non-hydrogen) atoms. The first-order valence-electron chi connectivity index (χ1n) is 9.29. The summed E-state index contributed by atoms with van der Waals surface area (Å²) in [4.78, 5) is 0. The van der Waals surface area contributed by atoms with Crippen LogP contribution in [0.15, 0.2) is 71.8 Å². The van der Waals surface area contributed by atoms with E-state index in [2.05, 4.69) is 10.5 Å². The van der Waals surface area contributed by atoms with E-state index in [0.717, 1.165) is 16.7 Å². The Balaban J connectivity index is 1.63. The van der Waals surface area contributed by atoms with Gasteiger partial charge >= 0.3 is 0 Å². The normalized spacial score (nSPS) is 10.9. The number of hydrazone groups is 1. The largest absolute Gasteiger partial charge is 0.490 e. The van der Waals surface area contributed by atoms with Crippen molar-refractivity contribution < 1.29 is 9.47 Å². The minimum absolute atomic E-state index is 0.436. The Bertz CT molecular complexity index is 942. The Morgan fingerprint density at radius 2 is 1.66 bits per heavy atom. The molecular formula is C23H22Cl2N2O2. The van der Waals surface area contributed by atoms with Gasteiger partial charge in [-0.3, -0.25) is 0 Å². The zero-order valence-electron chi connectivity index (χ0n) is 16.1. The Kier molecular flexibility index (Phi) is 7.79. The summed E-state index contributed by atoms with van der Waals surface area (Å²) in [6.45, 7) is 3.41. The molecule has 3 rings (SSSR count). The molecule has 0 bridgehead atoms. The van der Waals surface area contributed by atoms with Gasteiger partial charge in [0.15, 0.2) is 11.5 Å². The lowest BCUT2D eigenvalue weighted by molar-refractivity contribution is 0.269. The quantitative estimate of drug-likeness (QED) is 0.330. The van der Waals surface area contributed by atoms with Gasteiger partial charge in [0.05, 0.1) is 19.4 Å². The summed E-state index contributed by atoms with van der Waals surface area (Å²) in [5.74, 6) is 1.38. The van der Waals surface area contributed by atoms with Gasteiger partial charge in [0, 0.05) is 15.6 Å². The number of nitrogens with one attached hydrogen (secondary N) is 1. The molecule has 0 heterocycles. The van der Waals surface area contributed by atoms with Crippen LogP contribution in [0.4, 0.5) is 0 Å². The molecular weight excluding hydrogens is 407 g/mol. The maximum absolute atomic E-state index is 6.17. The first-order chi connectivity index (χ1) is 14.2. The van der Waals surface area contributed by atoms with Crippen molar-refractivity contribution in [3.05, 3.63) is 93.5 Å². The SMILES string of the molecule is CCOc1cc(/C=N/NCc2c(Cl)cccc2Cl)ccc1OCc1ccccc1. The maximum Gasteiger partial charge on any atom is 0.161 e. The van der Waals surface area contributed by atoms with Crippen LogP contribution in [0.5, 0.6) is 11.5 Å². The fourth-order valence-electron chi connectivity index (χ4n) is 2.67. The number of ether oxygens (including phenoxy) is 2. The first-order valence-corrected chi connectivity index (χ1v) is 10.1. The fraction of sp³-hybridized carbons (Fsp3) is 0.174. The molecule has 0 aliphatic carbocycles. The van der Waals surface area contributed by atoms with Crippen molar-refractivity contribution in [3.63, 3.8) is 0 Å². The van der Waals surface area contributed by atoms with Crippen LogP contribution in [0.25, 0.3) is 0 Å². The Labute approximate surface area is 181 Å². The molecule has 0 radical (unpaired) electrons. The van der Waals surface area contributed by atoms with Gasteiger partial charge in [-0.15, -0.1) is 0 Å². The van der Waals surface area contributed by atoms with E-state index in [-0.39, 0.29) is 0 Å². The summed E-state index contributed by atoms with van der Waals surface area (Å²) < 4.78 is 11.7. The second-order valence-electron chi connectivity index (χ2n) is 6.21. The number of hydrogen-bond donors (Lipinski definition) is 1. The van der Waals surface area contributed by atoms with E-state index in [0.29, 0.717) is 41.3 Å². The molecule has 0 aliphatic heterocycles. The monoisotopic (exact) mass is 428 g/mol. The van der Waals surface area contributed by atoms with Gasteiger partial charge in [0.1, 0.15) is 6.61 Å². The van der Waals surface area contributed by atoms with E-state index >= 15 is 0 Å². The number of benzene rings is 3. The minimum Gasteiger partial charge on any atom is -0.490 e. The van der Waals surface area contributed by atoms with Gasteiger partial charge in [-0.05, 0) is 48.4 Å². The molecule has 4 nitrogen and oxygen atoms in total. The molecule has 0 saturated heterocycles. The van der Waals surface area contributed by atoms with Crippen LogP contribution >= 0.6 is 23.2 Å². The molecule has 3 aromatic rings. The molecule has 6 heteroatoms. The summed E-state index contributed by atoms with van der Waals surface area (Å²) in [6.07, 6.45) is 1.72. The highest BCUT2D eigenvalue weighted by atomic mass is 35.5. The first kappa shape index (κ1) is 21.0. The molecule has 0 amide bonds. The Hall–Kier alpha value is -2.69. The minimum atomic E-state index is 0.436. The van der Waals surface area contributed by atoms with E-state index in [9.17, 15) is 0 Å². The number of hydrogen-bond acceptors (Lipinski definition) is 4. The Morgan fingerprint density at radius 3 is 2.38 bits per heavy atom. The third-order valence-electron chi connectivity index (χ3n) is 4.13. The molecule has 1 N–H and O–H groups in total.